The number of fused-ring (bicyclic) bond motifs is 2. The van der Waals surface area contributed by atoms with Crippen LogP contribution in [0.15, 0.2) is 54.7 Å². The van der Waals surface area contributed by atoms with Crippen molar-refractivity contribution >= 4 is 22.7 Å². The molecule has 170 valence electrons. The maximum atomic E-state index is 13.7. The van der Waals surface area contributed by atoms with Crippen LogP contribution < -0.4 is 10.2 Å². The number of benzene rings is 2. The van der Waals surface area contributed by atoms with Crippen molar-refractivity contribution in [2.24, 2.45) is 5.92 Å². The Hall–Kier alpha value is -3.49. The fraction of sp³-hybridized carbons (Fsp3) is 0.320. The van der Waals surface area contributed by atoms with E-state index in [1.807, 2.05) is 29.2 Å². The molecular formula is C25H25N3O5. The molecule has 0 spiro atoms. The summed E-state index contributed by atoms with van der Waals surface area (Å²) in [7, 11) is 0. The molecule has 33 heavy (non-hydrogen) atoms. The van der Waals surface area contributed by atoms with Crippen molar-refractivity contribution in [3.8, 4) is 5.75 Å². The number of nitrogens with zero attached hydrogens (tertiary/aromatic N) is 2. The lowest BCUT2D eigenvalue weighted by Crippen LogP contribution is -2.41. The Labute approximate surface area is 191 Å². The Morgan fingerprint density at radius 1 is 1.09 bits per heavy atom. The van der Waals surface area contributed by atoms with Crippen molar-refractivity contribution in [2.75, 3.05) is 19.8 Å². The summed E-state index contributed by atoms with van der Waals surface area (Å²) in [5.74, 6) is -0.0854. The molecule has 3 heterocycles. The van der Waals surface area contributed by atoms with Gasteiger partial charge in [-0.2, -0.15) is 0 Å². The Morgan fingerprint density at radius 3 is 2.76 bits per heavy atom. The van der Waals surface area contributed by atoms with Gasteiger partial charge < -0.3 is 14.4 Å². The fourth-order valence-electron chi connectivity index (χ4n) is 4.57. The molecule has 2 aromatic carbocycles. The molecule has 2 aliphatic heterocycles. The van der Waals surface area contributed by atoms with Crippen LogP contribution in [0.2, 0.25) is 0 Å². The van der Waals surface area contributed by atoms with Crippen LogP contribution in [0.4, 0.5) is 0 Å². The minimum Gasteiger partial charge on any atom is -0.491 e. The van der Waals surface area contributed by atoms with Crippen LogP contribution in [0.25, 0.3) is 10.9 Å². The van der Waals surface area contributed by atoms with Crippen molar-refractivity contribution < 1.29 is 24.3 Å². The zero-order chi connectivity index (χ0) is 22.8. The van der Waals surface area contributed by atoms with Gasteiger partial charge in [-0.05, 0) is 48.7 Å². The summed E-state index contributed by atoms with van der Waals surface area (Å²) in [6.45, 7) is 1.78. The molecule has 1 fully saturated rings. The standard InChI is InChI=1S/C25H25N3O5/c29-24(27-31)19-3-4-20-14-28(25(30)16-7-10-32-11-8-16)22(15-33-23(20)13-19)18-5-6-21-17(12-18)2-1-9-26-21/h1-6,9,12-13,16,22,31H,7-8,10-11,14-15H2,(H,27,29). The number of pyridine rings is 1. The highest BCUT2D eigenvalue weighted by atomic mass is 16.5. The summed E-state index contributed by atoms with van der Waals surface area (Å²) in [6, 6.07) is 14.6. The summed E-state index contributed by atoms with van der Waals surface area (Å²) >= 11 is 0. The molecule has 2 aliphatic rings. The number of carbonyl (C=O) groups is 2. The number of amides is 2. The molecule has 1 unspecified atom stereocenters. The lowest BCUT2D eigenvalue weighted by molar-refractivity contribution is -0.142. The van der Waals surface area contributed by atoms with E-state index < -0.39 is 5.91 Å². The second-order valence-electron chi connectivity index (χ2n) is 8.40. The van der Waals surface area contributed by atoms with E-state index in [-0.39, 0.29) is 30.0 Å². The number of hydroxylamine groups is 1. The Balaban J connectivity index is 1.53. The average molecular weight is 447 g/mol. The number of hydrogen-bond donors (Lipinski definition) is 2. The van der Waals surface area contributed by atoms with Crippen LogP contribution in [-0.4, -0.2) is 46.7 Å². The van der Waals surface area contributed by atoms with E-state index in [1.165, 1.54) is 0 Å². The summed E-state index contributed by atoms with van der Waals surface area (Å²) in [5.41, 5.74) is 4.61. The molecule has 8 nitrogen and oxygen atoms in total. The summed E-state index contributed by atoms with van der Waals surface area (Å²) in [6.07, 6.45) is 3.16. The van der Waals surface area contributed by atoms with Crippen LogP contribution in [0.1, 0.15) is 40.4 Å². The average Bonchev–Trinajstić information content (AvgIpc) is 3.07. The van der Waals surface area contributed by atoms with E-state index in [9.17, 15) is 9.59 Å². The number of rotatable bonds is 3. The molecule has 3 aromatic rings. The van der Waals surface area contributed by atoms with Gasteiger partial charge in [0.15, 0.2) is 0 Å². The van der Waals surface area contributed by atoms with Gasteiger partial charge in [-0.15, -0.1) is 0 Å². The number of aromatic nitrogens is 1. The molecule has 0 radical (unpaired) electrons. The van der Waals surface area contributed by atoms with Gasteiger partial charge in [0.1, 0.15) is 12.4 Å². The van der Waals surface area contributed by atoms with Crippen LogP contribution >= 0.6 is 0 Å². The van der Waals surface area contributed by atoms with Gasteiger partial charge >= 0.3 is 0 Å². The van der Waals surface area contributed by atoms with Gasteiger partial charge in [0, 0.05) is 41.8 Å². The molecule has 1 saturated heterocycles. The predicted octanol–water partition coefficient (Wildman–Crippen LogP) is 3.24. The van der Waals surface area contributed by atoms with Crippen LogP contribution in [0.3, 0.4) is 0 Å². The third-order valence-electron chi connectivity index (χ3n) is 6.41. The zero-order valence-electron chi connectivity index (χ0n) is 18.1. The van der Waals surface area contributed by atoms with Gasteiger partial charge in [-0.25, -0.2) is 5.48 Å². The maximum absolute atomic E-state index is 13.7. The van der Waals surface area contributed by atoms with Crippen LogP contribution in [-0.2, 0) is 16.1 Å². The molecule has 5 rings (SSSR count). The highest BCUT2D eigenvalue weighted by molar-refractivity contribution is 5.94. The Kier molecular flexibility index (Phi) is 5.93. The van der Waals surface area contributed by atoms with E-state index in [4.69, 9.17) is 14.7 Å². The first-order chi connectivity index (χ1) is 16.1. The lowest BCUT2D eigenvalue weighted by Gasteiger charge is -2.34. The third-order valence-corrected chi connectivity index (χ3v) is 6.41. The first kappa shape index (κ1) is 21.4. The first-order valence-corrected chi connectivity index (χ1v) is 11.1. The second-order valence-corrected chi connectivity index (χ2v) is 8.40. The highest BCUT2D eigenvalue weighted by Gasteiger charge is 2.34. The minimum absolute atomic E-state index is 0.0863. The van der Waals surface area contributed by atoms with Crippen LogP contribution in [0, 0.1) is 5.92 Å². The van der Waals surface area contributed by atoms with Gasteiger partial charge in [0.2, 0.25) is 5.91 Å². The van der Waals surface area contributed by atoms with Crippen molar-refractivity contribution in [2.45, 2.75) is 25.4 Å². The topological polar surface area (TPSA) is 101 Å². The van der Waals surface area contributed by atoms with Gasteiger partial charge in [-0.1, -0.05) is 18.2 Å². The first-order valence-electron chi connectivity index (χ1n) is 11.1. The SMILES string of the molecule is O=C(NO)c1ccc2c(c1)OCC(c1ccc3ncccc3c1)N(C(=O)C1CCOCC1)C2. The molecule has 8 heteroatoms. The Morgan fingerprint density at radius 2 is 1.94 bits per heavy atom. The summed E-state index contributed by atoms with van der Waals surface area (Å²) in [4.78, 5) is 31.9. The van der Waals surface area contributed by atoms with Crippen molar-refractivity contribution in [1.82, 2.24) is 15.4 Å². The molecule has 0 saturated carbocycles. The fourth-order valence-corrected chi connectivity index (χ4v) is 4.57. The van der Waals surface area contributed by atoms with E-state index in [2.05, 4.69) is 11.1 Å². The van der Waals surface area contributed by atoms with Crippen molar-refractivity contribution in [1.29, 1.82) is 0 Å². The van der Waals surface area contributed by atoms with E-state index in [1.54, 1.807) is 29.9 Å². The van der Waals surface area contributed by atoms with Crippen molar-refractivity contribution in [3.63, 3.8) is 0 Å². The minimum atomic E-state index is -0.612. The second kappa shape index (κ2) is 9.17. The summed E-state index contributed by atoms with van der Waals surface area (Å²) < 4.78 is 11.6. The highest BCUT2D eigenvalue weighted by Crippen LogP contribution is 2.35. The maximum Gasteiger partial charge on any atom is 0.274 e. The lowest BCUT2D eigenvalue weighted by atomic mass is 9.95. The summed E-state index contributed by atoms with van der Waals surface area (Å²) in [5, 5.41) is 9.97. The van der Waals surface area contributed by atoms with E-state index >= 15 is 0 Å². The van der Waals surface area contributed by atoms with Crippen LogP contribution in [0.5, 0.6) is 5.75 Å². The molecule has 1 atom stereocenters. The number of ether oxygens (including phenoxy) is 2. The number of nitrogens with one attached hydrogen (secondary N) is 1. The molecule has 0 aliphatic carbocycles. The van der Waals surface area contributed by atoms with E-state index in [0.717, 1.165) is 22.0 Å². The number of hydrogen-bond acceptors (Lipinski definition) is 6. The van der Waals surface area contributed by atoms with E-state index in [0.29, 0.717) is 38.3 Å². The zero-order valence-corrected chi connectivity index (χ0v) is 18.1. The third kappa shape index (κ3) is 4.27. The molecule has 2 amide bonds. The molecule has 0 bridgehead atoms. The van der Waals surface area contributed by atoms with Gasteiger partial charge in [0.25, 0.3) is 5.91 Å². The predicted molar refractivity (Wildman–Crippen MR) is 120 cm³/mol. The van der Waals surface area contributed by atoms with Gasteiger partial charge in [0.05, 0.1) is 18.1 Å². The normalized spacial score (nSPS) is 18.8. The molecular weight excluding hydrogens is 422 g/mol. The molecule has 2 N–H and O–H groups in total. The quantitative estimate of drug-likeness (QED) is 0.472. The molecule has 1 aromatic heterocycles. The number of carbonyl (C=O) groups excluding carboxylic acids is 2. The largest absolute Gasteiger partial charge is 0.491 e. The smallest absolute Gasteiger partial charge is 0.274 e. The van der Waals surface area contributed by atoms with Crippen molar-refractivity contribution in [3.05, 3.63) is 71.4 Å². The Bertz CT molecular complexity index is 1190. The monoisotopic (exact) mass is 447 g/mol. The van der Waals surface area contributed by atoms with Gasteiger partial charge in [-0.3, -0.25) is 19.8 Å².